The van der Waals surface area contributed by atoms with E-state index in [0.717, 1.165) is 18.4 Å². The van der Waals surface area contributed by atoms with E-state index < -0.39 is 5.69 Å². The topological polar surface area (TPSA) is 101 Å². The summed E-state index contributed by atoms with van der Waals surface area (Å²) in [7, 11) is 1.60. The molecule has 1 aliphatic rings. The summed E-state index contributed by atoms with van der Waals surface area (Å²) in [6, 6.07) is 10.7. The molecule has 0 aliphatic heterocycles. The van der Waals surface area contributed by atoms with Crippen molar-refractivity contribution >= 4 is 5.69 Å². The smallest absolute Gasteiger partial charge is 0.362 e. The molecule has 0 atom stereocenters. The summed E-state index contributed by atoms with van der Waals surface area (Å²) in [6.45, 7) is 3.99. The molecule has 0 amide bonds. The summed E-state index contributed by atoms with van der Waals surface area (Å²) >= 11 is 0. The Balaban J connectivity index is 1.63. The van der Waals surface area contributed by atoms with Crippen molar-refractivity contribution in [1.29, 1.82) is 0 Å². The highest BCUT2D eigenvalue weighted by Crippen LogP contribution is 2.34. The van der Waals surface area contributed by atoms with Gasteiger partial charge in [-0.25, -0.2) is 9.89 Å². The number of phenolic OH excluding ortho intramolecular Hbond substituents is 1. The van der Waals surface area contributed by atoms with Crippen molar-refractivity contribution in [2.24, 2.45) is 0 Å². The monoisotopic (exact) mass is 424 g/mol. The molecule has 0 bridgehead atoms. The summed E-state index contributed by atoms with van der Waals surface area (Å²) < 4.78 is 12.9. The largest absolute Gasteiger partial charge is 0.508 e. The lowest BCUT2D eigenvalue weighted by Crippen LogP contribution is -2.24. The Kier molecular flexibility index (Phi) is 5.88. The van der Waals surface area contributed by atoms with Crippen molar-refractivity contribution in [3.63, 3.8) is 0 Å². The number of benzene rings is 2. The molecule has 2 aromatic carbocycles. The molecular formula is C23H28N4O4. The number of rotatable bonds is 7. The zero-order valence-electron chi connectivity index (χ0n) is 18.0. The van der Waals surface area contributed by atoms with Crippen LogP contribution >= 0.6 is 0 Å². The zero-order valence-corrected chi connectivity index (χ0v) is 18.0. The Morgan fingerprint density at radius 1 is 1.16 bits per heavy atom. The first-order valence-corrected chi connectivity index (χ1v) is 10.6. The van der Waals surface area contributed by atoms with E-state index in [1.165, 1.54) is 17.5 Å². The van der Waals surface area contributed by atoms with E-state index >= 15 is 0 Å². The molecule has 0 unspecified atom stereocenters. The third-order valence-electron chi connectivity index (χ3n) is 5.58. The van der Waals surface area contributed by atoms with Crippen LogP contribution in [0.4, 0.5) is 5.69 Å². The molecule has 1 heterocycles. The number of aromatic hydroxyl groups is 1. The molecule has 1 aromatic heterocycles. The SMILES string of the molecule is COc1cc(Nn2c(-c3ccc(O)c(C(C)C)c3)n[nH]c2=O)ccc1OC1CCCC1. The van der Waals surface area contributed by atoms with E-state index in [1.54, 1.807) is 25.3 Å². The van der Waals surface area contributed by atoms with Crippen LogP contribution in [0.2, 0.25) is 0 Å². The third kappa shape index (κ3) is 4.38. The highest BCUT2D eigenvalue weighted by molar-refractivity contribution is 5.61. The van der Waals surface area contributed by atoms with Crippen LogP contribution in [-0.2, 0) is 0 Å². The molecule has 3 aromatic rings. The summed E-state index contributed by atoms with van der Waals surface area (Å²) in [5, 5.41) is 16.8. The molecule has 0 spiro atoms. The van der Waals surface area contributed by atoms with E-state index in [4.69, 9.17) is 9.47 Å². The summed E-state index contributed by atoms with van der Waals surface area (Å²) in [4.78, 5) is 12.4. The van der Waals surface area contributed by atoms with Gasteiger partial charge in [-0.15, -0.1) is 0 Å². The van der Waals surface area contributed by atoms with Crippen LogP contribution in [-0.4, -0.2) is 33.2 Å². The number of hydrogen-bond donors (Lipinski definition) is 3. The number of ether oxygens (including phenoxy) is 2. The van der Waals surface area contributed by atoms with Gasteiger partial charge in [0.1, 0.15) is 5.75 Å². The normalized spacial score (nSPS) is 14.2. The first-order chi connectivity index (χ1) is 15.0. The Morgan fingerprint density at radius 3 is 2.65 bits per heavy atom. The van der Waals surface area contributed by atoms with E-state index in [9.17, 15) is 9.90 Å². The first kappa shape index (κ1) is 20.8. The van der Waals surface area contributed by atoms with Gasteiger partial charge in [-0.1, -0.05) is 13.8 Å². The molecule has 1 fully saturated rings. The van der Waals surface area contributed by atoms with Crippen LogP contribution in [0.15, 0.2) is 41.2 Å². The van der Waals surface area contributed by atoms with Gasteiger partial charge in [0.2, 0.25) is 0 Å². The fraction of sp³-hybridized carbons (Fsp3) is 0.391. The predicted octanol–water partition coefficient (Wildman–Crippen LogP) is 4.27. The molecule has 0 radical (unpaired) electrons. The van der Waals surface area contributed by atoms with Crippen molar-refractivity contribution in [1.82, 2.24) is 14.9 Å². The Bertz CT molecular complexity index is 1110. The van der Waals surface area contributed by atoms with Crippen molar-refractivity contribution in [2.75, 3.05) is 12.5 Å². The van der Waals surface area contributed by atoms with Gasteiger partial charge in [0.15, 0.2) is 17.3 Å². The molecular weight excluding hydrogens is 396 g/mol. The molecule has 1 aliphatic carbocycles. The van der Waals surface area contributed by atoms with Gasteiger partial charge >= 0.3 is 5.69 Å². The lowest BCUT2D eigenvalue weighted by Gasteiger charge is -2.17. The van der Waals surface area contributed by atoms with Crippen LogP contribution in [0.3, 0.4) is 0 Å². The minimum atomic E-state index is -0.403. The van der Waals surface area contributed by atoms with Crippen LogP contribution < -0.4 is 20.6 Å². The highest BCUT2D eigenvalue weighted by atomic mass is 16.5. The molecule has 164 valence electrons. The van der Waals surface area contributed by atoms with Crippen LogP contribution in [0.25, 0.3) is 11.4 Å². The Morgan fingerprint density at radius 2 is 1.94 bits per heavy atom. The average Bonchev–Trinajstić information content (AvgIpc) is 3.39. The number of phenols is 1. The molecule has 31 heavy (non-hydrogen) atoms. The average molecular weight is 425 g/mol. The Labute approximate surface area is 180 Å². The molecule has 3 N–H and O–H groups in total. The fourth-order valence-corrected chi connectivity index (χ4v) is 3.90. The van der Waals surface area contributed by atoms with Gasteiger partial charge < -0.3 is 14.6 Å². The zero-order chi connectivity index (χ0) is 22.0. The van der Waals surface area contributed by atoms with Gasteiger partial charge in [-0.3, -0.25) is 5.43 Å². The van der Waals surface area contributed by atoms with E-state index in [-0.39, 0.29) is 17.8 Å². The van der Waals surface area contributed by atoms with Gasteiger partial charge in [-0.05, 0) is 67.5 Å². The number of methoxy groups -OCH3 is 1. The molecule has 4 rings (SSSR count). The van der Waals surface area contributed by atoms with Gasteiger partial charge in [0, 0.05) is 11.6 Å². The van der Waals surface area contributed by atoms with Crippen molar-refractivity contribution in [3.05, 3.63) is 52.4 Å². The van der Waals surface area contributed by atoms with Crippen molar-refractivity contribution in [3.8, 4) is 28.6 Å². The predicted molar refractivity (Wildman–Crippen MR) is 119 cm³/mol. The van der Waals surface area contributed by atoms with Crippen molar-refractivity contribution < 1.29 is 14.6 Å². The minimum Gasteiger partial charge on any atom is -0.508 e. The maximum absolute atomic E-state index is 12.4. The van der Waals surface area contributed by atoms with Gasteiger partial charge in [0.25, 0.3) is 0 Å². The number of anilines is 1. The number of aromatic nitrogens is 3. The first-order valence-electron chi connectivity index (χ1n) is 10.6. The number of aromatic amines is 1. The lowest BCUT2D eigenvalue weighted by atomic mass is 9.99. The lowest BCUT2D eigenvalue weighted by molar-refractivity contribution is 0.201. The van der Waals surface area contributed by atoms with E-state index in [0.29, 0.717) is 28.6 Å². The quantitative estimate of drug-likeness (QED) is 0.524. The van der Waals surface area contributed by atoms with Gasteiger partial charge in [0.05, 0.1) is 18.9 Å². The second-order valence-corrected chi connectivity index (χ2v) is 8.12. The summed E-state index contributed by atoms with van der Waals surface area (Å²) in [5.41, 5.74) is 4.84. The molecule has 0 saturated heterocycles. The molecule has 8 heteroatoms. The van der Waals surface area contributed by atoms with E-state index in [2.05, 4.69) is 15.6 Å². The Hall–Kier alpha value is -3.42. The molecule has 1 saturated carbocycles. The van der Waals surface area contributed by atoms with Crippen LogP contribution in [0, 0.1) is 0 Å². The number of H-pyrrole nitrogens is 1. The molecule has 8 nitrogen and oxygen atoms in total. The number of nitrogens with zero attached hydrogens (tertiary/aromatic N) is 2. The van der Waals surface area contributed by atoms with Crippen LogP contribution in [0.1, 0.15) is 51.0 Å². The van der Waals surface area contributed by atoms with E-state index in [1.807, 2.05) is 32.0 Å². The summed E-state index contributed by atoms with van der Waals surface area (Å²) in [6.07, 6.45) is 4.72. The van der Waals surface area contributed by atoms with Gasteiger partial charge in [-0.2, -0.15) is 9.77 Å². The van der Waals surface area contributed by atoms with Crippen LogP contribution in [0.5, 0.6) is 17.2 Å². The maximum Gasteiger partial charge on any atom is 0.362 e. The second kappa shape index (κ2) is 8.75. The number of nitrogens with one attached hydrogen (secondary N) is 2. The summed E-state index contributed by atoms with van der Waals surface area (Å²) in [5.74, 6) is 2.06. The third-order valence-corrected chi connectivity index (χ3v) is 5.58. The fourth-order valence-electron chi connectivity index (χ4n) is 3.90. The maximum atomic E-state index is 12.4. The standard InChI is InChI=1S/C23H28N4O4/c1-14(2)18-12-15(8-10-19(18)28)22-24-25-23(29)27(22)26-16-9-11-20(21(13-16)30-3)31-17-6-4-5-7-17/h8-14,17,26,28H,4-7H2,1-3H3,(H,25,29). The number of hydrogen-bond acceptors (Lipinski definition) is 6. The second-order valence-electron chi connectivity index (χ2n) is 8.12. The minimum absolute atomic E-state index is 0.128. The highest BCUT2D eigenvalue weighted by Gasteiger charge is 2.19. The van der Waals surface area contributed by atoms with Crippen molar-refractivity contribution in [2.45, 2.75) is 51.6 Å².